The number of rotatable bonds is 3. The van der Waals surface area contributed by atoms with Gasteiger partial charge in [0.25, 0.3) is 0 Å². The summed E-state index contributed by atoms with van der Waals surface area (Å²) in [7, 11) is 0. The minimum absolute atomic E-state index is 0.0268. The molecule has 0 aliphatic heterocycles. The van der Waals surface area contributed by atoms with E-state index in [0.717, 1.165) is 11.3 Å². The molecule has 0 atom stereocenters. The second kappa shape index (κ2) is 6.18. The fourth-order valence-corrected chi connectivity index (χ4v) is 2.81. The highest BCUT2D eigenvalue weighted by Gasteiger charge is 2.14. The van der Waals surface area contributed by atoms with Gasteiger partial charge >= 0.3 is 12.0 Å². The molecule has 1 aromatic carbocycles. The van der Waals surface area contributed by atoms with Crippen LogP contribution in [0.3, 0.4) is 0 Å². The maximum absolute atomic E-state index is 12.9. The van der Waals surface area contributed by atoms with Crippen molar-refractivity contribution in [2.24, 2.45) is 0 Å². The van der Waals surface area contributed by atoms with Crippen LogP contribution in [0.25, 0.3) is 0 Å². The van der Waals surface area contributed by atoms with E-state index in [1.807, 2.05) is 22.6 Å². The predicted octanol–water partition coefficient (Wildman–Crippen LogP) is 3.83. The summed E-state index contributed by atoms with van der Waals surface area (Å²) in [6.45, 7) is 0. The lowest BCUT2D eigenvalue weighted by Gasteiger charge is -2.08. The van der Waals surface area contributed by atoms with E-state index in [9.17, 15) is 14.0 Å². The maximum atomic E-state index is 12.9. The number of urea groups is 1. The van der Waals surface area contributed by atoms with Crippen LogP contribution >= 0.6 is 33.9 Å². The third kappa shape index (κ3) is 3.45. The molecule has 2 amide bonds. The number of thiophene rings is 1. The molecule has 1 aromatic heterocycles. The Morgan fingerprint density at radius 3 is 2.65 bits per heavy atom. The van der Waals surface area contributed by atoms with Gasteiger partial charge in [-0.3, -0.25) is 5.32 Å². The molecule has 1 heterocycles. The fraction of sp³-hybridized carbons (Fsp3) is 0. The SMILES string of the molecule is O=C(Nc1ccc(F)cc1I)Nc1sccc1C(=O)O. The number of carbonyl (C=O) groups excluding carboxylic acids is 1. The Hall–Kier alpha value is -1.68. The molecule has 3 N–H and O–H groups in total. The Bertz CT molecular complexity index is 674. The van der Waals surface area contributed by atoms with Crippen LogP contribution < -0.4 is 10.6 Å². The van der Waals surface area contributed by atoms with Gasteiger partial charge in [0.15, 0.2) is 0 Å². The highest BCUT2D eigenvalue weighted by Crippen LogP contribution is 2.24. The van der Waals surface area contributed by atoms with E-state index in [-0.39, 0.29) is 10.6 Å². The number of halogens is 2. The highest BCUT2D eigenvalue weighted by atomic mass is 127. The van der Waals surface area contributed by atoms with Gasteiger partial charge in [-0.1, -0.05) is 0 Å². The first-order chi connectivity index (χ1) is 9.47. The number of carbonyl (C=O) groups is 2. The topological polar surface area (TPSA) is 78.4 Å². The summed E-state index contributed by atoms with van der Waals surface area (Å²) in [5.41, 5.74) is 0.469. The molecule has 0 fully saturated rings. The molecule has 0 aliphatic carbocycles. The van der Waals surface area contributed by atoms with Gasteiger partial charge in [-0.2, -0.15) is 0 Å². The first-order valence-corrected chi connectivity index (χ1v) is 7.27. The summed E-state index contributed by atoms with van der Waals surface area (Å²) in [5.74, 6) is -1.51. The number of anilines is 2. The minimum Gasteiger partial charge on any atom is -0.478 e. The van der Waals surface area contributed by atoms with E-state index in [1.54, 1.807) is 5.38 Å². The van der Waals surface area contributed by atoms with Crippen molar-refractivity contribution in [1.82, 2.24) is 0 Å². The van der Waals surface area contributed by atoms with Gasteiger partial charge in [0.1, 0.15) is 10.8 Å². The normalized spacial score (nSPS) is 10.1. The van der Waals surface area contributed by atoms with Crippen LogP contribution in [-0.4, -0.2) is 17.1 Å². The lowest BCUT2D eigenvalue weighted by molar-refractivity contribution is 0.0698. The van der Waals surface area contributed by atoms with Crippen molar-refractivity contribution in [2.75, 3.05) is 10.6 Å². The van der Waals surface area contributed by atoms with Crippen LogP contribution in [0.1, 0.15) is 10.4 Å². The Morgan fingerprint density at radius 2 is 2.00 bits per heavy atom. The first kappa shape index (κ1) is 14.7. The Kier molecular flexibility index (Phi) is 4.55. The van der Waals surface area contributed by atoms with Gasteiger partial charge in [-0.05, 0) is 52.2 Å². The number of carboxylic acid groups (broad SMARTS) is 1. The van der Waals surface area contributed by atoms with Gasteiger partial charge in [-0.25, -0.2) is 14.0 Å². The molecule has 104 valence electrons. The second-order valence-electron chi connectivity index (χ2n) is 3.67. The van der Waals surface area contributed by atoms with Crippen LogP contribution in [0.5, 0.6) is 0 Å². The number of amides is 2. The lowest BCUT2D eigenvalue weighted by Crippen LogP contribution is -2.20. The van der Waals surface area contributed by atoms with Crippen LogP contribution in [0.15, 0.2) is 29.6 Å². The van der Waals surface area contributed by atoms with Gasteiger partial charge < -0.3 is 10.4 Å². The molecule has 0 aliphatic rings. The summed E-state index contributed by atoms with van der Waals surface area (Å²) in [6, 6.07) is 4.77. The minimum atomic E-state index is -1.11. The predicted molar refractivity (Wildman–Crippen MR) is 83.0 cm³/mol. The zero-order chi connectivity index (χ0) is 14.7. The largest absolute Gasteiger partial charge is 0.478 e. The van der Waals surface area contributed by atoms with E-state index in [4.69, 9.17) is 5.11 Å². The van der Waals surface area contributed by atoms with Gasteiger partial charge in [0, 0.05) is 3.57 Å². The van der Waals surface area contributed by atoms with Crippen molar-refractivity contribution in [1.29, 1.82) is 0 Å². The summed E-state index contributed by atoms with van der Waals surface area (Å²) >= 11 is 3.00. The van der Waals surface area contributed by atoms with Crippen molar-refractivity contribution >= 4 is 56.6 Å². The molecule has 2 rings (SSSR count). The number of carboxylic acids is 1. The molecular formula is C12H8FIN2O3S. The molecule has 0 bridgehead atoms. The molecule has 5 nitrogen and oxygen atoms in total. The van der Waals surface area contributed by atoms with Gasteiger partial charge in [0.2, 0.25) is 0 Å². The molecule has 0 spiro atoms. The van der Waals surface area contributed by atoms with Crippen LogP contribution in [0, 0.1) is 9.39 Å². The lowest BCUT2D eigenvalue weighted by atomic mass is 10.3. The van der Waals surface area contributed by atoms with Crippen molar-refractivity contribution in [3.63, 3.8) is 0 Å². The molecule has 0 unspecified atom stereocenters. The van der Waals surface area contributed by atoms with Crippen LogP contribution in [0.2, 0.25) is 0 Å². The molecule has 0 saturated carbocycles. The van der Waals surface area contributed by atoms with E-state index in [1.165, 1.54) is 24.3 Å². The van der Waals surface area contributed by atoms with Crippen molar-refractivity contribution in [3.8, 4) is 0 Å². The fourth-order valence-electron chi connectivity index (χ4n) is 1.42. The third-order valence-electron chi connectivity index (χ3n) is 2.30. The Labute approximate surface area is 131 Å². The summed E-state index contributed by atoms with van der Waals surface area (Å²) in [6.07, 6.45) is 0. The number of nitrogens with one attached hydrogen (secondary N) is 2. The Balaban J connectivity index is 2.09. The van der Waals surface area contributed by atoms with Crippen LogP contribution in [-0.2, 0) is 0 Å². The molecule has 2 aromatic rings. The number of benzene rings is 1. The second-order valence-corrected chi connectivity index (χ2v) is 5.75. The zero-order valence-electron chi connectivity index (χ0n) is 9.81. The van der Waals surface area contributed by atoms with Gasteiger partial charge in [-0.15, -0.1) is 11.3 Å². The molecule has 0 saturated heterocycles. The van der Waals surface area contributed by atoms with E-state index in [0.29, 0.717) is 9.26 Å². The van der Waals surface area contributed by atoms with Crippen molar-refractivity contribution in [3.05, 3.63) is 44.6 Å². The van der Waals surface area contributed by atoms with Crippen LogP contribution in [0.4, 0.5) is 19.9 Å². The number of hydrogen-bond donors (Lipinski definition) is 3. The average molecular weight is 406 g/mol. The maximum Gasteiger partial charge on any atom is 0.338 e. The van der Waals surface area contributed by atoms with E-state index >= 15 is 0 Å². The Morgan fingerprint density at radius 1 is 1.25 bits per heavy atom. The summed E-state index contributed by atoms with van der Waals surface area (Å²) in [4.78, 5) is 22.7. The standard InChI is InChI=1S/C12H8FIN2O3S/c13-6-1-2-9(8(14)5-6)15-12(19)16-10-7(11(17)18)3-4-20-10/h1-5H,(H,17,18)(H2,15,16,19). The third-order valence-corrected chi connectivity index (χ3v) is 4.02. The average Bonchev–Trinajstić information content (AvgIpc) is 2.81. The molecule has 8 heteroatoms. The number of aromatic carboxylic acids is 1. The molecule has 0 radical (unpaired) electrons. The molecule has 20 heavy (non-hydrogen) atoms. The number of hydrogen-bond acceptors (Lipinski definition) is 3. The van der Waals surface area contributed by atoms with Crippen molar-refractivity contribution in [2.45, 2.75) is 0 Å². The first-order valence-electron chi connectivity index (χ1n) is 5.31. The summed E-state index contributed by atoms with van der Waals surface area (Å²) in [5, 5.41) is 15.7. The van der Waals surface area contributed by atoms with Gasteiger partial charge in [0.05, 0.1) is 11.3 Å². The monoisotopic (exact) mass is 406 g/mol. The van der Waals surface area contributed by atoms with E-state index in [2.05, 4.69) is 10.6 Å². The summed E-state index contributed by atoms with van der Waals surface area (Å²) < 4.78 is 13.5. The van der Waals surface area contributed by atoms with E-state index < -0.39 is 17.8 Å². The highest BCUT2D eigenvalue weighted by molar-refractivity contribution is 14.1. The quantitative estimate of drug-likeness (QED) is 0.678. The molecular weight excluding hydrogens is 398 g/mol. The zero-order valence-corrected chi connectivity index (χ0v) is 12.8. The smallest absolute Gasteiger partial charge is 0.338 e. The van der Waals surface area contributed by atoms with Crippen molar-refractivity contribution < 1.29 is 19.1 Å².